The predicted octanol–water partition coefficient (Wildman–Crippen LogP) is 2.94. The number of aliphatic hydroxyl groups is 1. The van der Waals surface area contributed by atoms with Gasteiger partial charge < -0.3 is 5.11 Å². The maximum absolute atomic E-state index is 12.8. The molecule has 0 spiro atoms. The third kappa shape index (κ3) is 3.47. The third-order valence-electron chi connectivity index (χ3n) is 4.31. The van der Waals surface area contributed by atoms with Crippen LogP contribution in [0.1, 0.15) is 51.7 Å². The standard InChI is InChI=1S/C16H25NO3S/c1-4-16(18)14-6-5-7-15(11-14)21(19,20)17-9-8-12(2)10-13(17)3/h5-7,11-13,16,18H,4,8-10H2,1-3H3. The molecule has 5 heteroatoms. The molecular weight excluding hydrogens is 286 g/mol. The summed E-state index contributed by atoms with van der Waals surface area (Å²) in [6.07, 6.45) is 1.76. The Morgan fingerprint density at radius 2 is 2.10 bits per heavy atom. The van der Waals surface area contributed by atoms with Gasteiger partial charge in [-0.1, -0.05) is 26.0 Å². The Morgan fingerprint density at radius 3 is 2.71 bits per heavy atom. The fourth-order valence-corrected chi connectivity index (χ4v) is 4.71. The van der Waals surface area contributed by atoms with Gasteiger partial charge in [-0.2, -0.15) is 4.31 Å². The van der Waals surface area contributed by atoms with Crippen LogP contribution in [0.15, 0.2) is 29.2 Å². The molecule has 4 nitrogen and oxygen atoms in total. The number of rotatable bonds is 4. The average Bonchev–Trinajstić information content (AvgIpc) is 2.46. The molecule has 0 radical (unpaired) electrons. The van der Waals surface area contributed by atoms with Crippen LogP contribution >= 0.6 is 0 Å². The Balaban J connectivity index is 2.31. The van der Waals surface area contributed by atoms with Gasteiger partial charge in [-0.05, 0) is 49.8 Å². The summed E-state index contributed by atoms with van der Waals surface area (Å²) >= 11 is 0. The van der Waals surface area contributed by atoms with Crippen LogP contribution < -0.4 is 0 Å². The first-order valence-corrected chi connectivity index (χ1v) is 9.10. The van der Waals surface area contributed by atoms with Crippen LogP contribution in [0, 0.1) is 5.92 Å². The van der Waals surface area contributed by atoms with E-state index in [0.717, 1.165) is 12.8 Å². The van der Waals surface area contributed by atoms with E-state index in [1.165, 1.54) is 0 Å². The van der Waals surface area contributed by atoms with Crippen LogP contribution in [0.4, 0.5) is 0 Å². The van der Waals surface area contributed by atoms with E-state index in [1.807, 2.05) is 13.8 Å². The molecule has 1 aromatic carbocycles. The first-order valence-electron chi connectivity index (χ1n) is 7.66. The van der Waals surface area contributed by atoms with Crippen LogP contribution in [0.3, 0.4) is 0 Å². The van der Waals surface area contributed by atoms with Crippen molar-refractivity contribution in [2.24, 2.45) is 5.92 Å². The largest absolute Gasteiger partial charge is 0.388 e. The van der Waals surface area contributed by atoms with Gasteiger partial charge in [0.2, 0.25) is 10.0 Å². The van der Waals surface area contributed by atoms with Gasteiger partial charge in [-0.15, -0.1) is 0 Å². The molecule has 1 saturated heterocycles. The van der Waals surface area contributed by atoms with Gasteiger partial charge >= 0.3 is 0 Å². The zero-order valence-electron chi connectivity index (χ0n) is 13.0. The number of nitrogens with zero attached hydrogens (tertiary/aromatic N) is 1. The van der Waals surface area contributed by atoms with Crippen molar-refractivity contribution in [2.75, 3.05) is 6.54 Å². The van der Waals surface area contributed by atoms with E-state index in [-0.39, 0.29) is 10.9 Å². The summed E-state index contributed by atoms with van der Waals surface area (Å²) in [5.74, 6) is 0.569. The second-order valence-electron chi connectivity index (χ2n) is 6.09. The van der Waals surface area contributed by atoms with Crippen molar-refractivity contribution in [1.29, 1.82) is 0 Å². The molecule has 1 aromatic rings. The minimum Gasteiger partial charge on any atom is -0.388 e. The van der Waals surface area contributed by atoms with Gasteiger partial charge in [-0.3, -0.25) is 0 Å². The Morgan fingerprint density at radius 1 is 1.38 bits per heavy atom. The fourth-order valence-electron chi connectivity index (χ4n) is 3.00. The highest BCUT2D eigenvalue weighted by Gasteiger charge is 2.33. The molecule has 118 valence electrons. The molecule has 21 heavy (non-hydrogen) atoms. The van der Waals surface area contributed by atoms with Crippen molar-refractivity contribution in [3.05, 3.63) is 29.8 Å². The van der Waals surface area contributed by atoms with Crippen molar-refractivity contribution < 1.29 is 13.5 Å². The number of piperidine rings is 1. The average molecular weight is 311 g/mol. The smallest absolute Gasteiger partial charge is 0.243 e. The number of hydrogen-bond acceptors (Lipinski definition) is 3. The zero-order valence-corrected chi connectivity index (χ0v) is 13.8. The summed E-state index contributed by atoms with van der Waals surface area (Å²) in [6.45, 7) is 6.59. The molecule has 1 fully saturated rings. The Hall–Kier alpha value is -0.910. The van der Waals surface area contributed by atoms with Crippen LogP contribution in [0.2, 0.25) is 0 Å². The molecule has 0 aliphatic carbocycles. The molecular formula is C16H25NO3S. The van der Waals surface area contributed by atoms with Crippen molar-refractivity contribution >= 4 is 10.0 Å². The molecule has 1 aliphatic heterocycles. The van der Waals surface area contributed by atoms with Crippen molar-refractivity contribution in [3.8, 4) is 0 Å². The molecule has 0 bridgehead atoms. The van der Waals surface area contributed by atoms with Gasteiger partial charge in [-0.25, -0.2) is 8.42 Å². The molecule has 1 heterocycles. The van der Waals surface area contributed by atoms with E-state index in [9.17, 15) is 13.5 Å². The van der Waals surface area contributed by atoms with Crippen LogP contribution in [-0.4, -0.2) is 30.4 Å². The highest BCUT2D eigenvalue weighted by atomic mass is 32.2. The van der Waals surface area contributed by atoms with E-state index < -0.39 is 16.1 Å². The van der Waals surface area contributed by atoms with Gasteiger partial charge in [0.25, 0.3) is 0 Å². The summed E-state index contributed by atoms with van der Waals surface area (Å²) < 4.78 is 27.2. The van der Waals surface area contributed by atoms with Crippen molar-refractivity contribution in [2.45, 2.75) is 57.1 Å². The van der Waals surface area contributed by atoms with E-state index in [0.29, 0.717) is 24.4 Å². The Bertz CT molecular complexity index is 585. The van der Waals surface area contributed by atoms with Gasteiger partial charge in [0.1, 0.15) is 0 Å². The van der Waals surface area contributed by atoms with E-state index >= 15 is 0 Å². The summed E-state index contributed by atoms with van der Waals surface area (Å²) in [6, 6.07) is 6.73. The van der Waals surface area contributed by atoms with E-state index in [1.54, 1.807) is 28.6 Å². The summed E-state index contributed by atoms with van der Waals surface area (Å²) in [5.41, 5.74) is 0.664. The number of hydrogen-bond donors (Lipinski definition) is 1. The first kappa shape index (κ1) is 16.5. The molecule has 2 rings (SSSR count). The molecule has 3 atom stereocenters. The maximum Gasteiger partial charge on any atom is 0.243 e. The SMILES string of the molecule is CCC(O)c1cccc(S(=O)(=O)N2CCC(C)CC2C)c1. The lowest BCUT2D eigenvalue weighted by molar-refractivity contribution is 0.173. The minimum atomic E-state index is -3.48. The molecule has 0 saturated carbocycles. The molecule has 1 N–H and O–H groups in total. The van der Waals surface area contributed by atoms with Crippen molar-refractivity contribution in [3.63, 3.8) is 0 Å². The lowest BCUT2D eigenvalue weighted by Crippen LogP contribution is -2.44. The fraction of sp³-hybridized carbons (Fsp3) is 0.625. The topological polar surface area (TPSA) is 57.6 Å². The van der Waals surface area contributed by atoms with Crippen LogP contribution in [-0.2, 0) is 10.0 Å². The quantitative estimate of drug-likeness (QED) is 0.930. The van der Waals surface area contributed by atoms with Crippen molar-refractivity contribution in [1.82, 2.24) is 4.31 Å². The minimum absolute atomic E-state index is 0.0264. The maximum atomic E-state index is 12.8. The van der Waals surface area contributed by atoms with E-state index in [4.69, 9.17) is 0 Å². The number of benzene rings is 1. The van der Waals surface area contributed by atoms with Gasteiger partial charge in [0.15, 0.2) is 0 Å². The van der Waals surface area contributed by atoms with Crippen LogP contribution in [0.5, 0.6) is 0 Å². The van der Waals surface area contributed by atoms with Gasteiger partial charge in [0, 0.05) is 12.6 Å². The van der Waals surface area contributed by atoms with E-state index in [2.05, 4.69) is 6.92 Å². The Labute approximate surface area is 127 Å². The summed E-state index contributed by atoms with van der Waals surface area (Å²) in [5, 5.41) is 9.91. The summed E-state index contributed by atoms with van der Waals surface area (Å²) in [7, 11) is -3.48. The molecule has 0 amide bonds. The number of aliphatic hydroxyl groups excluding tert-OH is 1. The number of sulfonamides is 1. The highest BCUT2D eigenvalue weighted by molar-refractivity contribution is 7.89. The summed E-state index contributed by atoms with van der Waals surface area (Å²) in [4.78, 5) is 0.286. The molecule has 1 aliphatic rings. The second-order valence-corrected chi connectivity index (χ2v) is 7.98. The third-order valence-corrected chi connectivity index (χ3v) is 6.32. The highest BCUT2D eigenvalue weighted by Crippen LogP contribution is 2.29. The normalized spacial score (nSPS) is 25.7. The zero-order chi connectivity index (χ0) is 15.6. The van der Waals surface area contributed by atoms with Crippen LogP contribution in [0.25, 0.3) is 0 Å². The lowest BCUT2D eigenvalue weighted by Gasteiger charge is -2.35. The van der Waals surface area contributed by atoms with Gasteiger partial charge in [0.05, 0.1) is 11.0 Å². The lowest BCUT2D eigenvalue weighted by atomic mass is 9.95. The monoisotopic (exact) mass is 311 g/mol. The molecule has 3 unspecified atom stereocenters. The first-order chi connectivity index (χ1) is 9.86. The Kier molecular flexibility index (Phi) is 5.07. The second kappa shape index (κ2) is 6.46. The predicted molar refractivity (Wildman–Crippen MR) is 83.4 cm³/mol. The molecule has 0 aromatic heterocycles.